The molecule has 3 rings (SSSR count). The Morgan fingerprint density at radius 3 is 2.42 bits per heavy atom. The first-order valence-corrected chi connectivity index (χ1v) is 10.7. The van der Waals surface area contributed by atoms with Gasteiger partial charge < -0.3 is 14.9 Å². The van der Waals surface area contributed by atoms with E-state index >= 15 is 0 Å². The minimum absolute atomic E-state index is 0.0130. The first kappa shape index (κ1) is 23.1. The van der Waals surface area contributed by atoms with Gasteiger partial charge in [-0.3, -0.25) is 4.79 Å². The van der Waals surface area contributed by atoms with Crippen molar-refractivity contribution in [2.45, 2.75) is 24.9 Å². The van der Waals surface area contributed by atoms with Crippen molar-refractivity contribution in [1.29, 1.82) is 5.26 Å². The van der Waals surface area contributed by atoms with Crippen LogP contribution in [0.5, 0.6) is 0 Å². The van der Waals surface area contributed by atoms with Crippen LogP contribution in [0.4, 0.5) is 5.69 Å². The van der Waals surface area contributed by atoms with Gasteiger partial charge in [0.15, 0.2) is 6.29 Å². The summed E-state index contributed by atoms with van der Waals surface area (Å²) in [6.45, 7) is 0.943. The average Bonchev–Trinajstić information content (AvgIpc) is 2.74. The largest absolute Gasteiger partial charge is 0.389 e. The molecule has 0 atom stereocenters. The molecular weight excluding hydrogens is 435 g/mol. The van der Waals surface area contributed by atoms with Gasteiger partial charge in [0.25, 0.3) is 0 Å². The number of aldehydes is 1. The van der Waals surface area contributed by atoms with Gasteiger partial charge in [-0.15, -0.1) is 0 Å². The molecule has 1 N–H and O–H groups in total. The number of nitrogens with zero attached hydrogens (tertiary/aromatic N) is 4. The number of anilines is 1. The predicted molar refractivity (Wildman–Crippen MR) is 123 cm³/mol. The van der Waals surface area contributed by atoms with Gasteiger partial charge in [0.2, 0.25) is 0 Å². The molecule has 0 aliphatic carbocycles. The fourth-order valence-corrected chi connectivity index (χ4v) is 4.12. The molecular formula is C23H24Cl2N4O2. The van der Waals surface area contributed by atoms with Crippen molar-refractivity contribution in [2.24, 2.45) is 0 Å². The number of allylic oxidation sites excluding steroid dienone is 1. The van der Waals surface area contributed by atoms with Crippen LogP contribution in [0, 0.1) is 11.3 Å². The summed E-state index contributed by atoms with van der Waals surface area (Å²) in [4.78, 5) is 20.0. The van der Waals surface area contributed by atoms with Crippen molar-refractivity contribution in [3.8, 4) is 6.07 Å². The maximum absolute atomic E-state index is 11.7. The Hall–Kier alpha value is -2.59. The Labute approximate surface area is 192 Å². The third-order valence-corrected chi connectivity index (χ3v) is 5.96. The van der Waals surface area contributed by atoms with E-state index in [0.717, 1.165) is 11.3 Å². The van der Waals surface area contributed by atoms with Crippen molar-refractivity contribution in [1.82, 2.24) is 9.88 Å². The quantitative estimate of drug-likeness (QED) is 0.305. The zero-order valence-corrected chi connectivity index (χ0v) is 19.0. The second-order valence-corrected chi connectivity index (χ2v) is 8.73. The van der Waals surface area contributed by atoms with Crippen molar-refractivity contribution >= 4 is 40.9 Å². The average molecular weight is 459 g/mol. The molecule has 0 spiro atoms. The lowest BCUT2D eigenvalue weighted by Gasteiger charge is -2.40. The minimum atomic E-state index is -0.879. The van der Waals surface area contributed by atoms with Crippen molar-refractivity contribution < 1.29 is 9.90 Å². The summed E-state index contributed by atoms with van der Waals surface area (Å²) in [5.41, 5.74) is 1.78. The molecule has 1 aliphatic rings. The molecule has 0 radical (unpaired) electrons. The molecule has 8 heteroatoms. The summed E-state index contributed by atoms with van der Waals surface area (Å²) in [6, 6.07) is 12.9. The van der Waals surface area contributed by atoms with E-state index in [0.29, 0.717) is 55.1 Å². The van der Waals surface area contributed by atoms with Crippen molar-refractivity contribution in [3.63, 3.8) is 0 Å². The number of aliphatic hydroxyl groups is 1. The van der Waals surface area contributed by atoms with Crippen LogP contribution in [0.15, 0.2) is 42.0 Å². The molecule has 0 bridgehead atoms. The van der Waals surface area contributed by atoms with Crippen LogP contribution in [0.3, 0.4) is 0 Å². The summed E-state index contributed by atoms with van der Waals surface area (Å²) in [7, 11) is 3.72. The standard InChI is InChI=1S/C23H24Cl2N4O2/c1-28(2)19-7-8-20(25)27-21(19)22(17(14-26)15-30)29-11-9-23(31,10-12-29)13-16-3-5-18(24)6-4-16/h3-8,15,31H,9-13H2,1-2H3/b22-17+. The van der Waals surface area contributed by atoms with E-state index in [2.05, 4.69) is 4.98 Å². The highest BCUT2D eigenvalue weighted by Gasteiger charge is 2.35. The Morgan fingerprint density at radius 1 is 1.23 bits per heavy atom. The van der Waals surface area contributed by atoms with E-state index in [-0.39, 0.29) is 10.7 Å². The summed E-state index contributed by atoms with van der Waals surface area (Å²) in [6.07, 6.45) is 2.02. The molecule has 1 aliphatic heterocycles. The summed E-state index contributed by atoms with van der Waals surface area (Å²) in [5, 5.41) is 21.7. The molecule has 2 aromatic rings. The summed E-state index contributed by atoms with van der Waals surface area (Å²) in [5.74, 6) is 0. The maximum Gasteiger partial charge on any atom is 0.162 e. The van der Waals surface area contributed by atoms with Crippen molar-refractivity contribution in [2.75, 3.05) is 32.1 Å². The number of nitriles is 1. The fraction of sp³-hybridized carbons (Fsp3) is 0.348. The van der Waals surface area contributed by atoms with Gasteiger partial charge in [-0.05, 0) is 42.7 Å². The predicted octanol–water partition coefficient (Wildman–Crippen LogP) is 3.96. The Balaban J connectivity index is 1.90. The van der Waals surface area contributed by atoms with Gasteiger partial charge in [0.05, 0.1) is 17.0 Å². The number of piperidine rings is 1. The number of rotatable bonds is 6. The number of pyridine rings is 1. The molecule has 1 fully saturated rings. The van der Waals surface area contributed by atoms with Gasteiger partial charge >= 0.3 is 0 Å². The van der Waals surface area contributed by atoms with E-state index in [4.69, 9.17) is 23.2 Å². The van der Waals surface area contributed by atoms with Gasteiger partial charge in [-0.2, -0.15) is 5.26 Å². The minimum Gasteiger partial charge on any atom is -0.389 e. The van der Waals surface area contributed by atoms with Crippen LogP contribution in [0.1, 0.15) is 24.1 Å². The zero-order valence-electron chi connectivity index (χ0n) is 17.5. The maximum atomic E-state index is 11.7. The second kappa shape index (κ2) is 9.69. The number of benzene rings is 1. The second-order valence-electron chi connectivity index (χ2n) is 7.90. The molecule has 1 saturated heterocycles. The highest BCUT2D eigenvalue weighted by atomic mass is 35.5. The third-order valence-electron chi connectivity index (χ3n) is 5.50. The molecule has 1 aromatic carbocycles. The highest BCUT2D eigenvalue weighted by Crippen LogP contribution is 2.35. The van der Waals surface area contributed by atoms with E-state index in [9.17, 15) is 15.2 Å². The fourth-order valence-electron chi connectivity index (χ4n) is 3.85. The number of carbonyl (C=O) groups excluding carboxylic acids is 1. The number of halogens is 2. The zero-order chi connectivity index (χ0) is 22.6. The smallest absolute Gasteiger partial charge is 0.162 e. The highest BCUT2D eigenvalue weighted by molar-refractivity contribution is 6.30. The number of aromatic nitrogens is 1. The Kier molecular flexibility index (Phi) is 7.22. The van der Waals surface area contributed by atoms with E-state index in [1.54, 1.807) is 6.07 Å². The molecule has 0 saturated carbocycles. The van der Waals surface area contributed by atoms with Crippen LogP contribution in [0.2, 0.25) is 10.2 Å². The number of hydrogen-bond donors (Lipinski definition) is 1. The lowest BCUT2D eigenvalue weighted by Crippen LogP contribution is -2.45. The van der Waals surface area contributed by atoms with E-state index < -0.39 is 5.60 Å². The van der Waals surface area contributed by atoms with Crippen LogP contribution in [0.25, 0.3) is 5.70 Å². The molecule has 1 aromatic heterocycles. The van der Waals surface area contributed by atoms with Gasteiger partial charge in [-0.25, -0.2) is 4.98 Å². The van der Waals surface area contributed by atoms with Crippen LogP contribution in [-0.4, -0.2) is 54.1 Å². The van der Waals surface area contributed by atoms with Crippen LogP contribution < -0.4 is 4.90 Å². The molecule has 0 unspecified atom stereocenters. The molecule has 2 heterocycles. The first-order chi connectivity index (χ1) is 14.8. The summed E-state index contributed by atoms with van der Waals surface area (Å²) < 4.78 is 0. The van der Waals surface area contributed by atoms with Crippen LogP contribution >= 0.6 is 23.2 Å². The van der Waals surface area contributed by atoms with E-state index in [1.165, 1.54) is 0 Å². The third kappa shape index (κ3) is 5.37. The molecule has 6 nitrogen and oxygen atoms in total. The number of likely N-dealkylation sites (tertiary alicyclic amines) is 1. The van der Waals surface area contributed by atoms with Gasteiger partial charge in [-0.1, -0.05) is 35.3 Å². The lowest BCUT2D eigenvalue weighted by atomic mass is 9.85. The Morgan fingerprint density at radius 2 is 1.87 bits per heavy atom. The lowest BCUT2D eigenvalue weighted by molar-refractivity contribution is -0.104. The van der Waals surface area contributed by atoms with Crippen LogP contribution in [-0.2, 0) is 11.2 Å². The molecule has 162 valence electrons. The van der Waals surface area contributed by atoms with E-state index in [1.807, 2.05) is 60.3 Å². The monoisotopic (exact) mass is 458 g/mol. The SMILES string of the molecule is CN(C)c1ccc(Cl)nc1/C(=C(/C#N)C=O)N1CCC(O)(Cc2ccc(Cl)cc2)CC1. The first-order valence-electron chi connectivity index (χ1n) is 9.92. The number of carbonyl (C=O) groups is 1. The normalized spacial score (nSPS) is 16.3. The van der Waals surface area contributed by atoms with Gasteiger partial charge in [0.1, 0.15) is 22.5 Å². The topological polar surface area (TPSA) is 80.5 Å². The van der Waals surface area contributed by atoms with Crippen molar-refractivity contribution in [3.05, 3.63) is 63.4 Å². The molecule has 0 amide bonds. The summed E-state index contributed by atoms with van der Waals surface area (Å²) >= 11 is 12.1. The van der Waals surface area contributed by atoms with Gasteiger partial charge in [0, 0.05) is 38.6 Å². The number of hydrogen-bond acceptors (Lipinski definition) is 6. The molecule has 31 heavy (non-hydrogen) atoms. The Bertz CT molecular complexity index is 1020.